The van der Waals surface area contributed by atoms with Crippen molar-refractivity contribution in [2.24, 2.45) is 11.7 Å². The first-order chi connectivity index (χ1) is 13.5. The van der Waals surface area contributed by atoms with Crippen LogP contribution in [0.4, 0.5) is 10.5 Å². The minimum Gasteiger partial charge on any atom is -0.469 e. The number of halogens is 1. The Morgan fingerprint density at radius 3 is 2.17 bits per heavy atom. The lowest BCUT2D eigenvalue weighted by Gasteiger charge is -2.40. The van der Waals surface area contributed by atoms with Crippen LogP contribution in [-0.2, 0) is 16.1 Å². The Morgan fingerprint density at radius 1 is 1.07 bits per heavy atom. The fraction of sp³-hybridized carbons (Fsp3) is 0.619. The topological polar surface area (TPSA) is 79.1 Å². The molecular weight excluding hydrogens is 392 g/mol. The maximum absolute atomic E-state index is 12.9. The number of nitrogens with two attached hydrogens (primary N) is 1. The second-order valence-electron chi connectivity index (χ2n) is 7.77. The van der Waals surface area contributed by atoms with Gasteiger partial charge in [0.25, 0.3) is 0 Å². The summed E-state index contributed by atoms with van der Waals surface area (Å²) in [6, 6.07) is 8.63. The molecular formula is C21H33ClN4O3. The van der Waals surface area contributed by atoms with Crippen LogP contribution < -0.4 is 10.6 Å². The molecule has 3 rings (SSSR count). The van der Waals surface area contributed by atoms with Gasteiger partial charge in [0.05, 0.1) is 13.0 Å². The van der Waals surface area contributed by atoms with Crippen molar-refractivity contribution in [1.29, 1.82) is 0 Å². The van der Waals surface area contributed by atoms with E-state index in [1.54, 1.807) is 0 Å². The van der Waals surface area contributed by atoms with E-state index < -0.39 is 0 Å². The Kier molecular flexibility index (Phi) is 8.59. The van der Waals surface area contributed by atoms with Gasteiger partial charge in [0, 0.05) is 51.5 Å². The van der Waals surface area contributed by atoms with Gasteiger partial charge in [-0.25, -0.2) is 4.79 Å². The van der Waals surface area contributed by atoms with Crippen LogP contribution in [0.15, 0.2) is 24.3 Å². The standard InChI is InChI=1S/C21H32N4O3.ClH/c1-23(18-9-5-17(6-10-18)20(26)28-2)21(27)25-13-11-24(12-14-25)19-7-3-16(15-22)4-8-19;/h3-4,7-8,17-18H,5-6,9-15,22H2,1-2H3;1H. The molecule has 0 spiro atoms. The molecule has 0 radical (unpaired) electrons. The van der Waals surface area contributed by atoms with Gasteiger partial charge >= 0.3 is 12.0 Å². The lowest BCUT2D eigenvalue weighted by molar-refractivity contribution is -0.146. The zero-order chi connectivity index (χ0) is 20.1. The van der Waals surface area contributed by atoms with Crippen molar-refractivity contribution in [3.05, 3.63) is 29.8 Å². The van der Waals surface area contributed by atoms with E-state index in [0.717, 1.165) is 57.4 Å². The van der Waals surface area contributed by atoms with Crippen LogP contribution in [-0.4, -0.2) is 68.2 Å². The van der Waals surface area contributed by atoms with Crippen LogP contribution >= 0.6 is 12.4 Å². The third-order valence-corrected chi connectivity index (χ3v) is 6.17. The minimum atomic E-state index is -0.122. The number of methoxy groups -OCH3 is 1. The SMILES string of the molecule is COC(=O)C1CCC(N(C)C(=O)N2CCN(c3ccc(CN)cc3)CC2)CC1.Cl. The van der Waals surface area contributed by atoms with Gasteiger partial charge in [-0.3, -0.25) is 4.79 Å². The zero-order valence-electron chi connectivity index (χ0n) is 17.4. The van der Waals surface area contributed by atoms with Gasteiger partial charge in [0.2, 0.25) is 0 Å². The number of benzene rings is 1. The molecule has 0 unspecified atom stereocenters. The molecule has 1 heterocycles. The first kappa shape index (κ1) is 23.3. The molecule has 7 nitrogen and oxygen atoms in total. The summed E-state index contributed by atoms with van der Waals surface area (Å²) in [6.45, 7) is 3.66. The van der Waals surface area contributed by atoms with Gasteiger partial charge in [-0.15, -0.1) is 12.4 Å². The van der Waals surface area contributed by atoms with Crippen molar-refractivity contribution < 1.29 is 14.3 Å². The lowest BCUT2D eigenvalue weighted by atomic mass is 9.85. The first-order valence-corrected chi connectivity index (χ1v) is 10.2. The van der Waals surface area contributed by atoms with Gasteiger partial charge in [-0.05, 0) is 43.4 Å². The lowest BCUT2D eigenvalue weighted by Crippen LogP contribution is -2.54. The molecule has 1 aromatic rings. The monoisotopic (exact) mass is 424 g/mol. The zero-order valence-corrected chi connectivity index (χ0v) is 18.2. The second-order valence-corrected chi connectivity index (χ2v) is 7.77. The molecule has 0 atom stereocenters. The van der Waals surface area contributed by atoms with Gasteiger partial charge in [0.15, 0.2) is 0 Å². The normalized spacial score (nSPS) is 21.9. The number of ether oxygens (including phenoxy) is 1. The molecule has 2 fully saturated rings. The fourth-order valence-corrected chi connectivity index (χ4v) is 4.24. The van der Waals surface area contributed by atoms with Crippen molar-refractivity contribution in [2.45, 2.75) is 38.3 Å². The van der Waals surface area contributed by atoms with E-state index in [-0.39, 0.29) is 36.4 Å². The summed E-state index contributed by atoms with van der Waals surface area (Å²) in [5.41, 5.74) is 7.97. The molecule has 162 valence electrons. The van der Waals surface area contributed by atoms with Gasteiger partial charge in [0.1, 0.15) is 0 Å². The summed E-state index contributed by atoms with van der Waals surface area (Å²) in [5, 5.41) is 0. The Morgan fingerprint density at radius 2 is 1.66 bits per heavy atom. The highest BCUT2D eigenvalue weighted by Gasteiger charge is 2.32. The maximum atomic E-state index is 12.9. The average molecular weight is 425 g/mol. The summed E-state index contributed by atoms with van der Waals surface area (Å²) in [7, 11) is 3.33. The number of nitrogens with zero attached hydrogens (tertiary/aromatic N) is 3. The predicted octanol–water partition coefficient (Wildman–Crippen LogP) is 2.47. The number of piperazine rings is 1. The van der Waals surface area contributed by atoms with Gasteiger partial charge < -0.3 is 25.2 Å². The van der Waals surface area contributed by atoms with Crippen LogP contribution in [0.5, 0.6) is 0 Å². The molecule has 0 bridgehead atoms. The number of hydrogen-bond donors (Lipinski definition) is 1. The Hall–Kier alpha value is -1.99. The number of urea groups is 1. The van der Waals surface area contributed by atoms with Crippen LogP contribution in [0.25, 0.3) is 0 Å². The van der Waals surface area contributed by atoms with E-state index >= 15 is 0 Å². The third kappa shape index (κ3) is 5.54. The van der Waals surface area contributed by atoms with E-state index in [1.165, 1.54) is 12.8 Å². The number of carbonyl (C=O) groups excluding carboxylic acids is 2. The second kappa shape index (κ2) is 10.7. The number of hydrogen-bond acceptors (Lipinski definition) is 5. The summed E-state index contributed by atoms with van der Waals surface area (Å²) in [4.78, 5) is 30.7. The summed E-state index contributed by atoms with van der Waals surface area (Å²) >= 11 is 0. The molecule has 8 heteroatoms. The molecule has 0 aromatic heterocycles. The third-order valence-electron chi connectivity index (χ3n) is 6.17. The van der Waals surface area contributed by atoms with Crippen molar-refractivity contribution in [2.75, 3.05) is 45.2 Å². The Bertz CT molecular complexity index is 669. The summed E-state index contributed by atoms with van der Waals surface area (Å²) in [6.07, 6.45) is 3.30. The summed E-state index contributed by atoms with van der Waals surface area (Å²) in [5.74, 6) is -0.137. The van der Waals surface area contributed by atoms with E-state index in [9.17, 15) is 9.59 Å². The summed E-state index contributed by atoms with van der Waals surface area (Å²) < 4.78 is 4.85. The van der Waals surface area contributed by atoms with Crippen molar-refractivity contribution >= 4 is 30.1 Å². The smallest absolute Gasteiger partial charge is 0.320 e. The average Bonchev–Trinajstić information content (AvgIpc) is 2.78. The Balaban J connectivity index is 0.00000300. The van der Waals surface area contributed by atoms with Crippen molar-refractivity contribution in [1.82, 2.24) is 9.80 Å². The number of esters is 1. The number of anilines is 1. The number of carbonyl (C=O) groups is 2. The molecule has 2 N–H and O–H groups in total. The molecule has 2 aliphatic rings. The van der Waals surface area contributed by atoms with Crippen LogP contribution in [0, 0.1) is 5.92 Å². The molecule has 1 aliphatic carbocycles. The number of rotatable bonds is 4. The molecule has 1 aromatic carbocycles. The molecule has 2 amide bonds. The predicted molar refractivity (Wildman–Crippen MR) is 116 cm³/mol. The highest BCUT2D eigenvalue weighted by atomic mass is 35.5. The van der Waals surface area contributed by atoms with Crippen LogP contribution in [0.1, 0.15) is 31.2 Å². The van der Waals surface area contributed by atoms with E-state index in [1.807, 2.05) is 16.8 Å². The molecule has 29 heavy (non-hydrogen) atoms. The maximum Gasteiger partial charge on any atom is 0.320 e. The molecule has 1 saturated heterocycles. The quantitative estimate of drug-likeness (QED) is 0.751. The van der Waals surface area contributed by atoms with Crippen molar-refractivity contribution in [3.63, 3.8) is 0 Å². The van der Waals surface area contributed by atoms with Crippen molar-refractivity contribution in [3.8, 4) is 0 Å². The van der Waals surface area contributed by atoms with Crippen LogP contribution in [0.2, 0.25) is 0 Å². The number of amides is 2. The minimum absolute atomic E-state index is 0. The van der Waals surface area contributed by atoms with E-state index in [0.29, 0.717) is 6.54 Å². The van der Waals surface area contributed by atoms with Gasteiger partial charge in [-0.1, -0.05) is 12.1 Å². The van der Waals surface area contributed by atoms with Crippen LogP contribution in [0.3, 0.4) is 0 Å². The van der Waals surface area contributed by atoms with E-state index in [2.05, 4.69) is 29.2 Å². The Labute approximate surface area is 179 Å². The fourth-order valence-electron chi connectivity index (χ4n) is 4.24. The highest BCUT2D eigenvalue weighted by molar-refractivity contribution is 5.85. The largest absolute Gasteiger partial charge is 0.469 e. The molecule has 1 aliphatic heterocycles. The first-order valence-electron chi connectivity index (χ1n) is 10.2. The van der Waals surface area contributed by atoms with E-state index in [4.69, 9.17) is 10.5 Å². The van der Waals surface area contributed by atoms with Gasteiger partial charge in [-0.2, -0.15) is 0 Å². The highest BCUT2D eigenvalue weighted by Crippen LogP contribution is 2.28. The molecule has 1 saturated carbocycles.